The van der Waals surface area contributed by atoms with Crippen molar-refractivity contribution in [2.45, 2.75) is 44.2 Å². The van der Waals surface area contributed by atoms with Gasteiger partial charge in [-0.1, -0.05) is 65.5 Å². The molecule has 1 saturated carbocycles. The number of carbonyl (C=O) groups excluding carboxylic acids is 2. The van der Waals surface area contributed by atoms with Crippen molar-refractivity contribution in [2.75, 3.05) is 0 Å². The van der Waals surface area contributed by atoms with Crippen LogP contribution in [0.4, 0.5) is 0 Å². The largest absolute Gasteiger partial charge is 0.444 e. The van der Waals surface area contributed by atoms with E-state index in [1.165, 1.54) is 6.42 Å². The third-order valence-electron chi connectivity index (χ3n) is 4.60. The highest BCUT2D eigenvalue weighted by molar-refractivity contribution is 9.10. The van der Waals surface area contributed by atoms with E-state index in [1.54, 1.807) is 36.4 Å². The summed E-state index contributed by atoms with van der Waals surface area (Å²) in [5, 5.41) is 3.06. The SMILES string of the molecule is O=C(OC(C(=O)NC1CCCCC1)c1ccc(Br)cc1)c1ccccc1. The molecule has 5 heteroatoms. The summed E-state index contributed by atoms with van der Waals surface area (Å²) in [5.41, 5.74) is 1.09. The molecular weight excluding hydrogens is 394 g/mol. The van der Waals surface area contributed by atoms with Gasteiger partial charge in [-0.05, 0) is 37.1 Å². The molecule has 1 N–H and O–H groups in total. The van der Waals surface area contributed by atoms with Crippen LogP contribution in [0.1, 0.15) is 54.1 Å². The predicted molar refractivity (Wildman–Crippen MR) is 104 cm³/mol. The molecule has 4 nitrogen and oxygen atoms in total. The van der Waals surface area contributed by atoms with Crippen LogP contribution >= 0.6 is 15.9 Å². The van der Waals surface area contributed by atoms with Crippen molar-refractivity contribution in [1.29, 1.82) is 0 Å². The Labute approximate surface area is 162 Å². The zero-order valence-corrected chi connectivity index (χ0v) is 16.1. The van der Waals surface area contributed by atoms with Crippen LogP contribution < -0.4 is 5.32 Å². The lowest BCUT2D eigenvalue weighted by atomic mass is 9.95. The Morgan fingerprint density at radius 3 is 2.27 bits per heavy atom. The first-order valence-corrected chi connectivity index (χ1v) is 9.74. The molecule has 0 aliphatic heterocycles. The molecule has 0 heterocycles. The molecule has 1 fully saturated rings. The Morgan fingerprint density at radius 1 is 0.962 bits per heavy atom. The lowest BCUT2D eigenvalue weighted by Gasteiger charge is -2.25. The lowest BCUT2D eigenvalue weighted by molar-refractivity contribution is -0.131. The standard InChI is InChI=1S/C21H22BrNO3/c22-17-13-11-15(12-14-17)19(20(24)23-18-9-5-2-6-10-18)26-21(25)16-7-3-1-4-8-16/h1,3-4,7-8,11-14,18-19H,2,5-6,9-10H2,(H,23,24). The smallest absolute Gasteiger partial charge is 0.339 e. The first-order chi connectivity index (χ1) is 12.6. The molecule has 0 spiro atoms. The van der Waals surface area contributed by atoms with Gasteiger partial charge in [0.25, 0.3) is 5.91 Å². The van der Waals surface area contributed by atoms with Gasteiger partial charge in [-0.25, -0.2) is 4.79 Å². The number of nitrogens with one attached hydrogen (secondary N) is 1. The fourth-order valence-corrected chi connectivity index (χ4v) is 3.45. The fourth-order valence-electron chi connectivity index (χ4n) is 3.18. The van der Waals surface area contributed by atoms with Crippen molar-refractivity contribution in [1.82, 2.24) is 5.32 Å². The molecule has 1 unspecified atom stereocenters. The van der Waals surface area contributed by atoms with Crippen LogP contribution in [0.3, 0.4) is 0 Å². The summed E-state index contributed by atoms with van der Waals surface area (Å²) in [6.45, 7) is 0. The Morgan fingerprint density at radius 2 is 1.62 bits per heavy atom. The predicted octanol–water partition coefficient (Wildman–Crippen LogP) is 4.80. The van der Waals surface area contributed by atoms with E-state index in [0.717, 1.165) is 30.2 Å². The second kappa shape index (κ2) is 8.99. The van der Waals surface area contributed by atoms with Crippen molar-refractivity contribution in [3.8, 4) is 0 Å². The van der Waals surface area contributed by atoms with Gasteiger partial charge in [0.05, 0.1) is 5.56 Å². The molecule has 136 valence electrons. The normalized spacial score (nSPS) is 15.9. The van der Waals surface area contributed by atoms with E-state index in [-0.39, 0.29) is 11.9 Å². The highest BCUT2D eigenvalue weighted by Gasteiger charge is 2.28. The highest BCUT2D eigenvalue weighted by Crippen LogP contribution is 2.24. The first kappa shape index (κ1) is 18.6. The minimum Gasteiger partial charge on any atom is -0.444 e. The lowest BCUT2D eigenvalue weighted by Crippen LogP contribution is -2.40. The van der Waals surface area contributed by atoms with Crippen molar-refractivity contribution >= 4 is 27.8 Å². The van der Waals surface area contributed by atoms with Gasteiger partial charge in [0.15, 0.2) is 0 Å². The van der Waals surface area contributed by atoms with Gasteiger partial charge in [0, 0.05) is 16.1 Å². The highest BCUT2D eigenvalue weighted by atomic mass is 79.9. The summed E-state index contributed by atoms with van der Waals surface area (Å²) in [4.78, 5) is 25.3. The summed E-state index contributed by atoms with van der Waals surface area (Å²) < 4.78 is 6.50. The zero-order valence-electron chi connectivity index (χ0n) is 14.5. The van der Waals surface area contributed by atoms with E-state index in [4.69, 9.17) is 4.74 Å². The zero-order chi connectivity index (χ0) is 18.4. The van der Waals surface area contributed by atoms with E-state index in [1.807, 2.05) is 18.2 Å². The van der Waals surface area contributed by atoms with Crippen LogP contribution in [0, 0.1) is 0 Å². The van der Waals surface area contributed by atoms with Crippen LogP contribution in [0.25, 0.3) is 0 Å². The van der Waals surface area contributed by atoms with Crippen LogP contribution in [0.5, 0.6) is 0 Å². The van der Waals surface area contributed by atoms with Gasteiger partial charge in [-0.2, -0.15) is 0 Å². The molecule has 0 saturated heterocycles. The number of hydrogen-bond acceptors (Lipinski definition) is 3. The molecule has 1 amide bonds. The number of carbonyl (C=O) groups is 2. The molecule has 0 radical (unpaired) electrons. The van der Waals surface area contributed by atoms with Crippen molar-refractivity contribution < 1.29 is 14.3 Å². The van der Waals surface area contributed by atoms with E-state index in [9.17, 15) is 9.59 Å². The van der Waals surface area contributed by atoms with E-state index in [2.05, 4.69) is 21.2 Å². The molecule has 1 aliphatic carbocycles. The molecule has 1 atom stereocenters. The number of rotatable bonds is 5. The van der Waals surface area contributed by atoms with Crippen LogP contribution in [-0.4, -0.2) is 17.9 Å². The van der Waals surface area contributed by atoms with Crippen LogP contribution in [0.15, 0.2) is 59.1 Å². The van der Waals surface area contributed by atoms with Crippen LogP contribution in [0.2, 0.25) is 0 Å². The summed E-state index contributed by atoms with van der Waals surface area (Å²) in [6, 6.07) is 16.2. The number of benzene rings is 2. The quantitative estimate of drug-likeness (QED) is 0.713. The van der Waals surface area contributed by atoms with Crippen molar-refractivity contribution in [3.63, 3.8) is 0 Å². The molecular formula is C21H22BrNO3. The average molecular weight is 416 g/mol. The maximum Gasteiger partial charge on any atom is 0.339 e. The van der Waals surface area contributed by atoms with E-state index in [0.29, 0.717) is 11.1 Å². The summed E-state index contributed by atoms with van der Waals surface area (Å²) >= 11 is 3.39. The Balaban J connectivity index is 1.77. The molecule has 26 heavy (non-hydrogen) atoms. The number of esters is 1. The maximum absolute atomic E-state index is 12.9. The van der Waals surface area contributed by atoms with E-state index >= 15 is 0 Å². The molecule has 1 aliphatic rings. The molecule has 2 aromatic rings. The third kappa shape index (κ3) is 4.94. The van der Waals surface area contributed by atoms with Gasteiger partial charge < -0.3 is 10.1 Å². The number of hydrogen-bond donors (Lipinski definition) is 1. The minimum absolute atomic E-state index is 0.157. The molecule has 0 aromatic heterocycles. The number of halogens is 1. The fraction of sp³-hybridized carbons (Fsp3) is 0.333. The van der Waals surface area contributed by atoms with Gasteiger partial charge in [-0.3, -0.25) is 4.79 Å². The molecule has 0 bridgehead atoms. The van der Waals surface area contributed by atoms with Crippen molar-refractivity contribution in [2.24, 2.45) is 0 Å². The van der Waals surface area contributed by atoms with Gasteiger partial charge >= 0.3 is 5.97 Å². The van der Waals surface area contributed by atoms with Gasteiger partial charge in [-0.15, -0.1) is 0 Å². The Hall–Kier alpha value is -2.14. The second-order valence-electron chi connectivity index (χ2n) is 6.55. The first-order valence-electron chi connectivity index (χ1n) is 8.95. The molecule has 2 aromatic carbocycles. The van der Waals surface area contributed by atoms with Gasteiger partial charge in [0.1, 0.15) is 0 Å². The average Bonchev–Trinajstić information content (AvgIpc) is 2.68. The Kier molecular flexibility index (Phi) is 6.45. The Bertz CT molecular complexity index is 740. The minimum atomic E-state index is -0.960. The maximum atomic E-state index is 12.9. The van der Waals surface area contributed by atoms with E-state index < -0.39 is 12.1 Å². The van der Waals surface area contributed by atoms with Crippen molar-refractivity contribution in [3.05, 3.63) is 70.2 Å². The third-order valence-corrected chi connectivity index (χ3v) is 5.13. The summed E-state index contributed by atoms with van der Waals surface area (Å²) in [7, 11) is 0. The topological polar surface area (TPSA) is 55.4 Å². The second-order valence-corrected chi connectivity index (χ2v) is 7.46. The van der Waals surface area contributed by atoms with Gasteiger partial charge in [0.2, 0.25) is 6.10 Å². The van der Waals surface area contributed by atoms with Crippen LogP contribution in [-0.2, 0) is 9.53 Å². The number of ether oxygens (including phenoxy) is 1. The monoisotopic (exact) mass is 415 g/mol. The molecule has 3 rings (SSSR count). The summed E-state index contributed by atoms with van der Waals surface area (Å²) in [6.07, 6.45) is 4.45. The summed E-state index contributed by atoms with van der Waals surface area (Å²) in [5.74, 6) is -0.763. The number of amides is 1.